The van der Waals surface area contributed by atoms with Gasteiger partial charge in [-0.25, -0.2) is 9.78 Å². The summed E-state index contributed by atoms with van der Waals surface area (Å²) in [4.78, 5) is 43.3. The molecule has 0 saturated carbocycles. The summed E-state index contributed by atoms with van der Waals surface area (Å²) in [5, 5.41) is 11.2. The predicted molar refractivity (Wildman–Crippen MR) is 96.6 cm³/mol. The second kappa shape index (κ2) is 6.68. The third-order valence-corrected chi connectivity index (χ3v) is 5.14. The number of nitro benzene ring substituents is 1. The van der Waals surface area contributed by atoms with Crippen LogP contribution in [0.3, 0.4) is 0 Å². The Balaban J connectivity index is 1.84. The third-order valence-electron chi connectivity index (χ3n) is 4.04. The zero-order chi connectivity index (χ0) is 19.0. The van der Waals surface area contributed by atoms with E-state index >= 15 is 0 Å². The normalized spacial score (nSPS) is 12.1. The lowest BCUT2D eigenvalue weighted by Crippen LogP contribution is -2.17. The molecule has 0 fully saturated rings. The van der Waals surface area contributed by atoms with Crippen molar-refractivity contribution in [1.29, 1.82) is 0 Å². The number of carbonyl (C=O) groups is 1. The zero-order valence-electron chi connectivity index (χ0n) is 14.2. The Hall–Kier alpha value is -3.07. The number of nitro groups is 1. The van der Waals surface area contributed by atoms with E-state index in [0.717, 1.165) is 10.4 Å². The molecule has 0 spiro atoms. The molecule has 3 rings (SSSR count). The number of thiophene rings is 1. The highest BCUT2D eigenvalue weighted by atomic mass is 32.1. The molecule has 2 aromatic heterocycles. The fourth-order valence-corrected chi connectivity index (χ4v) is 3.50. The van der Waals surface area contributed by atoms with Crippen LogP contribution in [0.15, 0.2) is 29.1 Å². The number of aryl methyl sites for hydroxylation is 2. The molecule has 0 amide bonds. The maximum Gasteiger partial charge on any atom is 0.338 e. The highest BCUT2D eigenvalue weighted by Crippen LogP contribution is 2.27. The van der Waals surface area contributed by atoms with Gasteiger partial charge in [-0.15, -0.1) is 11.3 Å². The van der Waals surface area contributed by atoms with Crippen LogP contribution in [0, 0.1) is 24.0 Å². The first-order valence-corrected chi connectivity index (χ1v) is 8.55. The molecule has 3 aromatic rings. The SMILES string of the molecule is Cc1sc2nc([C@@H](C)OC(=O)c3ccc([N+](=O)[O-])cc3)[nH]c(=O)c2c1C. The minimum Gasteiger partial charge on any atom is -0.451 e. The number of hydrogen-bond donors (Lipinski definition) is 1. The van der Waals surface area contributed by atoms with Gasteiger partial charge in [0.05, 0.1) is 15.9 Å². The van der Waals surface area contributed by atoms with Crippen molar-refractivity contribution in [2.24, 2.45) is 0 Å². The van der Waals surface area contributed by atoms with E-state index in [9.17, 15) is 19.7 Å². The number of esters is 1. The van der Waals surface area contributed by atoms with Crippen LogP contribution in [-0.2, 0) is 4.74 Å². The highest BCUT2D eigenvalue weighted by molar-refractivity contribution is 7.18. The van der Waals surface area contributed by atoms with Gasteiger partial charge in [0, 0.05) is 17.0 Å². The van der Waals surface area contributed by atoms with E-state index in [1.165, 1.54) is 35.6 Å². The van der Waals surface area contributed by atoms with Crippen LogP contribution in [0.25, 0.3) is 10.2 Å². The molecule has 0 aliphatic carbocycles. The van der Waals surface area contributed by atoms with Gasteiger partial charge in [-0.05, 0) is 38.5 Å². The van der Waals surface area contributed by atoms with Gasteiger partial charge < -0.3 is 9.72 Å². The minimum atomic E-state index is -0.780. The van der Waals surface area contributed by atoms with Gasteiger partial charge in [-0.1, -0.05) is 0 Å². The predicted octanol–water partition coefficient (Wildman–Crippen LogP) is 3.43. The first kappa shape index (κ1) is 17.7. The first-order chi connectivity index (χ1) is 12.3. The van der Waals surface area contributed by atoms with Crippen molar-refractivity contribution in [1.82, 2.24) is 9.97 Å². The van der Waals surface area contributed by atoms with E-state index in [2.05, 4.69) is 9.97 Å². The monoisotopic (exact) mass is 373 g/mol. The van der Waals surface area contributed by atoms with E-state index in [0.29, 0.717) is 10.2 Å². The zero-order valence-corrected chi connectivity index (χ0v) is 15.0. The van der Waals surface area contributed by atoms with Gasteiger partial charge in [0.2, 0.25) is 0 Å². The molecular formula is C17H15N3O5S. The van der Waals surface area contributed by atoms with Crippen molar-refractivity contribution in [3.05, 3.63) is 66.6 Å². The number of aromatic nitrogens is 2. The Morgan fingerprint density at radius 3 is 2.58 bits per heavy atom. The number of aromatic amines is 1. The number of fused-ring (bicyclic) bond motifs is 1. The molecule has 26 heavy (non-hydrogen) atoms. The summed E-state index contributed by atoms with van der Waals surface area (Å²) in [6.45, 7) is 5.38. The summed E-state index contributed by atoms with van der Waals surface area (Å²) in [7, 11) is 0. The van der Waals surface area contributed by atoms with Crippen LogP contribution in [-0.4, -0.2) is 20.9 Å². The number of ether oxygens (including phenoxy) is 1. The van der Waals surface area contributed by atoms with Crippen molar-refractivity contribution in [3.8, 4) is 0 Å². The number of rotatable bonds is 4. The molecule has 1 aromatic carbocycles. The lowest BCUT2D eigenvalue weighted by molar-refractivity contribution is -0.384. The van der Waals surface area contributed by atoms with E-state index in [1.54, 1.807) is 6.92 Å². The van der Waals surface area contributed by atoms with E-state index < -0.39 is 17.0 Å². The smallest absolute Gasteiger partial charge is 0.338 e. The van der Waals surface area contributed by atoms with Gasteiger partial charge in [-0.2, -0.15) is 0 Å². The van der Waals surface area contributed by atoms with Gasteiger partial charge in [0.15, 0.2) is 11.9 Å². The van der Waals surface area contributed by atoms with Crippen molar-refractivity contribution < 1.29 is 14.5 Å². The molecular weight excluding hydrogens is 358 g/mol. The van der Waals surface area contributed by atoms with Crippen LogP contribution >= 0.6 is 11.3 Å². The fraction of sp³-hybridized carbons (Fsp3) is 0.235. The molecule has 0 aliphatic rings. The molecule has 0 unspecified atom stereocenters. The quantitative estimate of drug-likeness (QED) is 0.425. The van der Waals surface area contributed by atoms with Crippen LogP contribution in [0.1, 0.15) is 39.7 Å². The largest absolute Gasteiger partial charge is 0.451 e. The number of hydrogen-bond acceptors (Lipinski definition) is 7. The number of H-pyrrole nitrogens is 1. The van der Waals surface area contributed by atoms with Crippen LogP contribution in [0.5, 0.6) is 0 Å². The second-order valence-corrected chi connectivity index (χ2v) is 6.97. The third kappa shape index (κ3) is 3.21. The van der Waals surface area contributed by atoms with Crippen molar-refractivity contribution in [2.45, 2.75) is 26.9 Å². The Labute approximate surface area is 151 Å². The topological polar surface area (TPSA) is 115 Å². The fourth-order valence-electron chi connectivity index (χ4n) is 2.47. The molecule has 0 aliphatic heterocycles. The molecule has 2 heterocycles. The Morgan fingerprint density at radius 1 is 1.31 bits per heavy atom. The maximum absolute atomic E-state index is 12.3. The Morgan fingerprint density at radius 2 is 1.96 bits per heavy atom. The van der Waals surface area contributed by atoms with Gasteiger partial charge >= 0.3 is 5.97 Å². The van der Waals surface area contributed by atoms with Crippen LogP contribution in [0.4, 0.5) is 5.69 Å². The van der Waals surface area contributed by atoms with Gasteiger partial charge in [0.1, 0.15) is 4.83 Å². The number of non-ortho nitro benzene ring substituents is 1. The number of nitrogens with zero attached hydrogens (tertiary/aromatic N) is 2. The maximum atomic E-state index is 12.3. The van der Waals surface area contributed by atoms with E-state index in [1.807, 2.05) is 13.8 Å². The van der Waals surface area contributed by atoms with Crippen LogP contribution < -0.4 is 5.56 Å². The molecule has 9 heteroatoms. The lowest BCUT2D eigenvalue weighted by Gasteiger charge is -2.12. The second-order valence-electron chi connectivity index (χ2n) is 5.77. The summed E-state index contributed by atoms with van der Waals surface area (Å²) in [6, 6.07) is 5.09. The summed E-state index contributed by atoms with van der Waals surface area (Å²) < 4.78 is 5.33. The molecule has 0 radical (unpaired) electrons. The number of benzene rings is 1. The summed E-state index contributed by atoms with van der Waals surface area (Å²) >= 11 is 1.41. The highest BCUT2D eigenvalue weighted by Gasteiger charge is 2.19. The molecule has 1 N–H and O–H groups in total. The molecule has 8 nitrogen and oxygen atoms in total. The summed E-state index contributed by atoms with van der Waals surface area (Å²) in [5.74, 6) is -0.410. The number of carbonyl (C=O) groups excluding carboxylic acids is 1. The molecule has 134 valence electrons. The van der Waals surface area contributed by atoms with Crippen molar-refractivity contribution in [2.75, 3.05) is 0 Å². The van der Waals surface area contributed by atoms with Gasteiger partial charge in [-0.3, -0.25) is 14.9 Å². The van der Waals surface area contributed by atoms with Crippen molar-refractivity contribution >= 4 is 33.2 Å². The molecule has 1 atom stereocenters. The average molecular weight is 373 g/mol. The Bertz CT molecular complexity index is 1070. The van der Waals surface area contributed by atoms with Crippen LogP contribution in [0.2, 0.25) is 0 Å². The molecule has 0 bridgehead atoms. The summed E-state index contributed by atoms with van der Waals surface area (Å²) in [5.41, 5.74) is 0.675. The number of nitrogens with one attached hydrogen (secondary N) is 1. The standard InChI is InChI=1S/C17H15N3O5S/c1-8-10(3)26-16-13(8)15(21)18-14(19-16)9(2)25-17(22)11-4-6-12(7-5-11)20(23)24/h4-7,9H,1-3H3,(H,18,19,21)/t9-/m1/s1. The van der Waals surface area contributed by atoms with Crippen molar-refractivity contribution in [3.63, 3.8) is 0 Å². The van der Waals surface area contributed by atoms with E-state index in [-0.39, 0.29) is 22.6 Å². The van der Waals surface area contributed by atoms with E-state index in [4.69, 9.17) is 4.74 Å². The molecule has 0 saturated heterocycles. The minimum absolute atomic E-state index is 0.116. The lowest BCUT2D eigenvalue weighted by atomic mass is 10.2. The first-order valence-electron chi connectivity index (χ1n) is 7.73. The van der Waals surface area contributed by atoms with Gasteiger partial charge in [0.25, 0.3) is 11.2 Å². The Kier molecular flexibility index (Phi) is 4.56. The summed E-state index contributed by atoms with van der Waals surface area (Å²) in [6.07, 6.45) is -0.780. The average Bonchev–Trinajstić information content (AvgIpc) is 2.89.